The van der Waals surface area contributed by atoms with Crippen molar-refractivity contribution in [3.8, 4) is 0 Å². The number of carbonyl (C=O) groups excluding carboxylic acids is 2. The fourth-order valence-corrected chi connectivity index (χ4v) is 2.66. The molecule has 2 aromatic rings. The highest BCUT2D eigenvalue weighted by atomic mass is 19.4. The van der Waals surface area contributed by atoms with Crippen LogP contribution >= 0.6 is 0 Å². The molecular formula is C21H24F3N3O2. The van der Waals surface area contributed by atoms with E-state index in [2.05, 4.69) is 10.6 Å². The molecule has 0 aliphatic carbocycles. The van der Waals surface area contributed by atoms with Gasteiger partial charge in [0.25, 0.3) is 0 Å². The van der Waals surface area contributed by atoms with Crippen LogP contribution in [0.3, 0.4) is 0 Å². The molecule has 0 heterocycles. The molecule has 0 saturated heterocycles. The second kappa shape index (κ2) is 9.09. The van der Waals surface area contributed by atoms with Gasteiger partial charge in [0, 0.05) is 11.4 Å². The lowest BCUT2D eigenvalue weighted by atomic mass is 10.1. The summed E-state index contributed by atoms with van der Waals surface area (Å²) in [5.74, 6) is -0.800. The van der Waals surface area contributed by atoms with Crippen molar-refractivity contribution in [1.29, 1.82) is 0 Å². The summed E-state index contributed by atoms with van der Waals surface area (Å²) in [7, 11) is 1.60. The highest BCUT2D eigenvalue weighted by Gasteiger charge is 2.30. The van der Waals surface area contributed by atoms with Crippen molar-refractivity contribution in [2.45, 2.75) is 33.0 Å². The van der Waals surface area contributed by atoms with E-state index >= 15 is 0 Å². The van der Waals surface area contributed by atoms with Gasteiger partial charge in [0.05, 0.1) is 18.2 Å². The van der Waals surface area contributed by atoms with Crippen molar-refractivity contribution in [3.63, 3.8) is 0 Å². The number of benzene rings is 2. The first-order chi connectivity index (χ1) is 13.5. The maximum absolute atomic E-state index is 12.8. The Labute approximate surface area is 167 Å². The molecule has 0 fully saturated rings. The summed E-state index contributed by atoms with van der Waals surface area (Å²) in [5.41, 5.74) is 1.91. The summed E-state index contributed by atoms with van der Waals surface area (Å²) in [5, 5.41) is 5.27. The molecule has 156 valence electrons. The van der Waals surface area contributed by atoms with Crippen molar-refractivity contribution >= 4 is 23.2 Å². The molecule has 5 nitrogen and oxygen atoms in total. The molecular weight excluding hydrogens is 383 g/mol. The van der Waals surface area contributed by atoms with Gasteiger partial charge < -0.3 is 10.6 Å². The third-order valence-electron chi connectivity index (χ3n) is 4.77. The molecule has 0 aromatic heterocycles. The third-order valence-corrected chi connectivity index (χ3v) is 4.77. The zero-order valence-corrected chi connectivity index (χ0v) is 16.7. The summed E-state index contributed by atoms with van der Waals surface area (Å²) in [6.45, 7) is 5.37. The Kier molecular flexibility index (Phi) is 7.02. The summed E-state index contributed by atoms with van der Waals surface area (Å²) in [4.78, 5) is 26.2. The molecule has 0 aliphatic rings. The van der Waals surface area contributed by atoms with Gasteiger partial charge in [-0.25, -0.2) is 0 Å². The smallest absolute Gasteiger partial charge is 0.325 e. The fourth-order valence-electron chi connectivity index (χ4n) is 2.66. The number of likely N-dealkylation sites (N-methyl/N-ethyl adjacent to an activating group) is 1. The number of carbonyl (C=O) groups is 2. The predicted octanol–water partition coefficient (Wildman–Crippen LogP) is 4.22. The Morgan fingerprint density at radius 2 is 1.72 bits per heavy atom. The van der Waals surface area contributed by atoms with Crippen LogP contribution in [-0.4, -0.2) is 36.3 Å². The number of alkyl halides is 3. The lowest BCUT2D eigenvalue weighted by Crippen LogP contribution is -2.43. The maximum Gasteiger partial charge on any atom is 0.416 e. The minimum atomic E-state index is -4.49. The van der Waals surface area contributed by atoms with Crippen LogP contribution in [0, 0.1) is 13.8 Å². The van der Waals surface area contributed by atoms with Crippen molar-refractivity contribution < 1.29 is 22.8 Å². The van der Waals surface area contributed by atoms with Crippen LogP contribution in [0.25, 0.3) is 0 Å². The highest BCUT2D eigenvalue weighted by molar-refractivity contribution is 5.96. The van der Waals surface area contributed by atoms with Gasteiger partial charge in [0.2, 0.25) is 11.8 Å². The number of rotatable bonds is 6. The largest absolute Gasteiger partial charge is 0.416 e. The lowest BCUT2D eigenvalue weighted by molar-refractivity contribution is -0.137. The minimum Gasteiger partial charge on any atom is -0.325 e. The quantitative estimate of drug-likeness (QED) is 0.754. The second-order valence-electron chi connectivity index (χ2n) is 6.95. The molecule has 2 rings (SSSR count). The first-order valence-corrected chi connectivity index (χ1v) is 9.03. The summed E-state index contributed by atoms with van der Waals surface area (Å²) < 4.78 is 38.4. The van der Waals surface area contributed by atoms with E-state index < -0.39 is 23.7 Å². The monoisotopic (exact) mass is 407 g/mol. The molecule has 2 aromatic carbocycles. The van der Waals surface area contributed by atoms with Crippen molar-refractivity contribution in [2.24, 2.45) is 0 Å². The van der Waals surface area contributed by atoms with E-state index in [-0.39, 0.29) is 18.1 Å². The van der Waals surface area contributed by atoms with Crippen molar-refractivity contribution in [1.82, 2.24) is 4.90 Å². The number of hydrogen-bond donors (Lipinski definition) is 2. The summed E-state index contributed by atoms with van der Waals surface area (Å²) in [6, 6.07) is 9.26. The summed E-state index contributed by atoms with van der Waals surface area (Å²) >= 11 is 0. The van der Waals surface area contributed by atoms with E-state index in [1.807, 2.05) is 26.0 Å². The number of halogens is 3. The number of hydrogen-bond acceptors (Lipinski definition) is 3. The van der Waals surface area contributed by atoms with Gasteiger partial charge in [-0.05, 0) is 63.2 Å². The van der Waals surface area contributed by atoms with Gasteiger partial charge in [0.1, 0.15) is 0 Å². The minimum absolute atomic E-state index is 0.0462. The first kappa shape index (κ1) is 22.4. The number of anilines is 2. The normalized spacial score (nSPS) is 12.6. The number of amides is 2. The van der Waals surface area contributed by atoms with E-state index in [0.29, 0.717) is 5.69 Å². The Morgan fingerprint density at radius 1 is 1.07 bits per heavy atom. The first-order valence-electron chi connectivity index (χ1n) is 9.03. The molecule has 0 bridgehead atoms. The van der Waals surface area contributed by atoms with Gasteiger partial charge in [-0.3, -0.25) is 14.5 Å². The van der Waals surface area contributed by atoms with Gasteiger partial charge in [-0.1, -0.05) is 18.2 Å². The Hall–Kier alpha value is -2.87. The molecule has 2 N–H and O–H groups in total. The zero-order valence-electron chi connectivity index (χ0n) is 16.7. The van der Waals surface area contributed by atoms with Crippen LogP contribution in [0.4, 0.5) is 24.5 Å². The Bertz CT molecular complexity index is 897. The Morgan fingerprint density at radius 3 is 2.38 bits per heavy atom. The zero-order chi connectivity index (χ0) is 21.8. The van der Waals surface area contributed by atoms with Crippen LogP contribution in [0.5, 0.6) is 0 Å². The molecule has 0 radical (unpaired) electrons. The predicted molar refractivity (Wildman–Crippen MR) is 107 cm³/mol. The molecule has 29 heavy (non-hydrogen) atoms. The van der Waals surface area contributed by atoms with Gasteiger partial charge in [-0.2, -0.15) is 13.2 Å². The van der Waals surface area contributed by atoms with Gasteiger partial charge in [0.15, 0.2) is 0 Å². The van der Waals surface area contributed by atoms with E-state index in [1.165, 1.54) is 17.0 Å². The third kappa shape index (κ3) is 6.05. The second-order valence-corrected chi connectivity index (χ2v) is 6.95. The highest BCUT2D eigenvalue weighted by Crippen LogP contribution is 2.30. The van der Waals surface area contributed by atoms with Crippen molar-refractivity contribution in [2.75, 3.05) is 24.2 Å². The molecule has 0 saturated carbocycles. The standard InChI is InChI=1S/C21H24F3N3O2/c1-13-7-5-10-18(14(13)2)26-19(28)12-27(4)15(3)20(29)25-17-9-6-8-16(11-17)21(22,23)24/h5-11,15H,12H2,1-4H3,(H,25,29)(H,26,28)/t15-/m0/s1. The molecule has 0 aliphatic heterocycles. The number of aryl methyl sites for hydroxylation is 1. The van der Waals surface area contributed by atoms with Crippen LogP contribution < -0.4 is 10.6 Å². The average molecular weight is 407 g/mol. The van der Waals surface area contributed by atoms with E-state index in [1.54, 1.807) is 20.0 Å². The van der Waals surface area contributed by atoms with Gasteiger partial charge >= 0.3 is 6.18 Å². The van der Waals surface area contributed by atoms with Gasteiger partial charge in [-0.15, -0.1) is 0 Å². The topological polar surface area (TPSA) is 61.4 Å². The van der Waals surface area contributed by atoms with Crippen LogP contribution in [0.15, 0.2) is 42.5 Å². The molecule has 1 atom stereocenters. The number of nitrogens with one attached hydrogen (secondary N) is 2. The van der Waals surface area contributed by atoms with Crippen molar-refractivity contribution in [3.05, 3.63) is 59.2 Å². The molecule has 2 amide bonds. The summed E-state index contributed by atoms with van der Waals surface area (Å²) in [6.07, 6.45) is -4.49. The molecule has 8 heteroatoms. The van der Waals surface area contributed by atoms with E-state index in [0.717, 1.165) is 23.3 Å². The average Bonchev–Trinajstić information content (AvgIpc) is 2.64. The fraction of sp³-hybridized carbons (Fsp3) is 0.333. The molecule has 0 spiro atoms. The van der Waals surface area contributed by atoms with Crippen LogP contribution in [0.1, 0.15) is 23.6 Å². The van der Waals surface area contributed by atoms with E-state index in [9.17, 15) is 22.8 Å². The van der Waals surface area contributed by atoms with Crippen LogP contribution in [0.2, 0.25) is 0 Å². The lowest BCUT2D eigenvalue weighted by Gasteiger charge is -2.23. The SMILES string of the molecule is Cc1cccc(NC(=O)CN(C)[C@@H](C)C(=O)Nc2cccc(C(F)(F)F)c2)c1C. The van der Waals surface area contributed by atoms with Crippen LogP contribution in [-0.2, 0) is 15.8 Å². The Balaban J connectivity index is 1.97. The van der Waals surface area contributed by atoms with E-state index in [4.69, 9.17) is 0 Å². The number of nitrogens with zero attached hydrogens (tertiary/aromatic N) is 1. The molecule has 0 unspecified atom stereocenters. The maximum atomic E-state index is 12.8.